The Kier molecular flexibility index (Phi) is 4.25. The zero-order valence-corrected chi connectivity index (χ0v) is 11.2. The van der Waals surface area contributed by atoms with Crippen molar-refractivity contribution in [1.82, 2.24) is 4.98 Å². The number of nitrogens with zero attached hydrogens (tertiary/aromatic N) is 1. The van der Waals surface area contributed by atoms with Crippen LogP contribution in [0.25, 0.3) is 0 Å². The highest BCUT2D eigenvalue weighted by Gasteiger charge is 2.11. The molecule has 100 valence electrons. The quantitative estimate of drug-likeness (QED) is 0.801. The van der Waals surface area contributed by atoms with E-state index in [0.717, 1.165) is 0 Å². The number of halogens is 2. The van der Waals surface area contributed by atoms with Crippen LogP contribution in [0.5, 0.6) is 0 Å². The molecule has 1 nitrogen and oxygen atoms in total. The van der Waals surface area contributed by atoms with Gasteiger partial charge in [0.15, 0.2) is 0 Å². The molecule has 0 aliphatic heterocycles. The molecule has 0 aliphatic rings. The Balaban J connectivity index is 2.16. The molecule has 0 atom stereocenters. The summed E-state index contributed by atoms with van der Waals surface area (Å²) >= 11 is 0. The van der Waals surface area contributed by atoms with Gasteiger partial charge in [0.1, 0.15) is 11.6 Å². The Bertz CT molecular complexity index is 564. The van der Waals surface area contributed by atoms with Crippen LogP contribution in [0.3, 0.4) is 0 Å². The van der Waals surface area contributed by atoms with Crippen molar-refractivity contribution in [3.8, 4) is 0 Å². The summed E-state index contributed by atoms with van der Waals surface area (Å²) in [5, 5.41) is 0. The lowest BCUT2D eigenvalue weighted by Crippen LogP contribution is -2.02. The maximum Gasteiger partial charge on any atom is 0.144 e. The normalized spacial score (nSPS) is 11.0. The molecule has 19 heavy (non-hydrogen) atoms. The molecule has 0 bridgehead atoms. The van der Waals surface area contributed by atoms with Crippen LogP contribution in [0.2, 0.25) is 0 Å². The molecule has 0 unspecified atom stereocenters. The van der Waals surface area contributed by atoms with Crippen molar-refractivity contribution in [3.05, 3.63) is 65.0 Å². The van der Waals surface area contributed by atoms with E-state index < -0.39 is 0 Å². The van der Waals surface area contributed by atoms with Gasteiger partial charge in [-0.1, -0.05) is 32.0 Å². The molecule has 0 spiro atoms. The monoisotopic (exact) mass is 261 g/mol. The second-order valence-corrected chi connectivity index (χ2v) is 4.91. The molecular weight excluding hydrogens is 244 g/mol. The van der Waals surface area contributed by atoms with Gasteiger partial charge >= 0.3 is 0 Å². The molecule has 2 aromatic rings. The molecule has 2 rings (SSSR count). The second kappa shape index (κ2) is 5.91. The summed E-state index contributed by atoms with van der Waals surface area (Å²) in [4.78, 5) is 3.98. The van der Waals surface area contributed by atoms with E-state index in [9.17, 15) is 8.78 Å². The Hall–Kier alpha value is -1.77. The minimum absolute atomic E-state index is 0.145. The van der Waals surface area contributed by atoms with Crippen LogP contribution < -0.4 is 0 Å². The van der Waals surface area contributed by atoms with Gasteiger partial charge < -0.3 is 0 Å². The van der Waals surface area contributed by atoms with E-state index in [1.807, 2.05) is 19.9 Å². The number of hydrogen-bond acceptors (Lipinski definition) is 1. The summed E-state index contributed by atoms with van der Waals surface area (Å²) < 4.78 is 27.7. The fraction of sp³-hybridized carbons (Fsp3) is 0.312. The van der Waals surface area contributed by atoms with Crippen molar-refractivity contribution < 1.29 is 8.78 Å². The number of pyridine rings is 1. The van der Waals surface area contributed by atoms with Gasteiger partial charge in [0.25, 0.3) is 0 Å². The first kappa shape index (κ1) is 13.7. The minimum atomic E-state index is -0.331. The van der Waals surface area contributed by atoms with Gasteiger partial charge in [0.05, 0.1) is 5.69 Å². The molecule has 1 heterocycles. The first-order valence-electron chi connectivity index (χ1n) is 6.46. The number of aryl methyl sites for hydroxylation is 2. The summed E-state index contributed by atoms with van der Waals surface area (Å²) in [5.74, 6) is -0.358. The topological polar surface area (TPSA) is 12.9 Å². The van der Waals surface area contributed by atoms with E-state index in [2.05, 4.69) is 4.98 Å². The van der Waals surface area contributed by atoms with Crippen LogP contribution in [0.4, 0.5) is 8.78 Å². The van der Waals surface area contributed by atoms with Crippen molar-refractivity contribution >= 4 is 0 Å². The van der Waals surface area contributed by atoms with Gasteiger partial charge in [-0.25, -0.2) is 8.78 Å². The van der Waals surface area contributed by atoms with E-state index >= 15 is 0 Å². The van der Waals surface area contributed by atoms with Crippen LogP contribution in [0.1, 0.15) is 36.6 Å². The first-order valence-corrected chi connectivity index (χ1v) is 6.46. The lowest BCUT2D eigenvalue weighted by atomic mass is 9.97. The summed E-state index contributed by atoms with van der Waals surface area (Å²) in [7, 11) is 0. The molecule has 0 aliphatic carbocycles. The van der Waals surface area contributed by atoms with Gasteiger partial charge in [-0.3, -0.25) is 4.98 Å². The largest absolute Gasteiger partial charge is 0.258 e. The van der Waals surface area contributed by atoms with Crippen molar-refractivity contribution in [3.63, 3.8) is 0 Å². The summed E-state index contributed by atoms with van der Waals surface area (Å²) in [5.41, 5.74) is 1.71. The molecule has 0 saturated heterocycles. The van der Waals surface area contributed by atoms with Crippen molar-refractivity contribution in [2.45, 2.75) is 32.6 Å². The Morgan fingerprint density at radius 1 is 1.05 bits per heavy atom. The molecule has 0 amide bonds. The summed E-state index contributed by atoms with van der Waals surface area (Å²) in [6.45, 7) is 3.92. The number of benzene rings is 1. The van der Waals surface area contributed by atoms with E-state index in [0.29, 0.717) is 29.7 Å². The Morgan fingerprint density at radius 3 is 2.53 bits per heavy atom. The summed E-state index contributed by atoms with van der Waals surface area (Å²) in [6.07, 6.45) is 2.42. The predicted molar refractivity (Wildman–Crippen MR) is 72.1 cm³/mol. The van der Waals surface area contributed by atoms with Crippen molar-refractivity contribution in [2.75, 3.05) is 0 Å². The lowest BCUT2D eigenvalue weighted by molar-refractivity contribution is 0.573. The maximum atomic E-state index is 14.2. The smallest absolute Gasteiger partial charge is 0.144 e. The third-order valence-electron chi connectivity index (χ3n) is 3.20. The van der Waals surface area contributed by atoms with Crippen molar-refractivity contribution in [2.24, 2.45) is 0 Å². The molecule has 1 aromatic carbocycles. The predicted octanol–water partition coefficient (Wildman–Crippen LogP) is 4.27. The third kappa shape index (κ3) is 3.16. The zero-order chi connectivity index (χ0) is 13.8. The van der Waals surface area contributed by atoms with Crippen LogP contribution in [0.15, 0.2) is 36.5 Å². The highest BCUT2D eigenvalue weighted by molar-refractivity contribution is 5.29. The number of rotatable bonds is 4. The van der Waals surface area contributed by atoms with Crippen molar-refractivity contribution in [1.29, 1.82) is 0 Å². The van der Waals surface area contributed by atoms with E-state index in [1.165, 1.54) is 6.07 Å². The van der Waals surface area contributed by atoms with Gasteiger partial charge in [0.2, 0.25) is 0 Å². The van der Waals surface area contributed by atoms with Crippen LogP contribution >= 0.6 is 0 Å². The molecule has 1 aromatic heterocycles. The fourth-order valence-corrected chi connectivity index (χ4v) is 2.09. The molecule has 0 fully saturated rings. The average molecular weight is 261 g/mol. The third-order valence-corrected chi connectivity index (χ3v) is 3.20. The van der Waals surface area contributed by atoms with Crippen LogP contribution in [-0.2, 0) is 12.8 Å². The van der Waals surface area contributed by atoms with E-state index in [1.54, 1.807) is 24.4 Å². The van der Waals surface area contributed by atoms with Gasteiger partial charge in [-0.05, 0) is 42.0 Å². The zero-order valence-electron chi connectivity index (χ0n) is 11.2. The molecule has 0 radical (unpaired) electrons. The number of hydrogen-bond donors (Lipinski definition) is 0. The Labute approximate surface area is 112 Å². The van der Waals surface area contributed by atoms with Crippen LogP contribution in [-0.4, -0.2) is 4.98 Å². The van der Waals surface area contributed by atoms with Gasteiger partial charge in [-0.2, -0.15) is 0 Å². The van der Waals surface area contributed by atoms with Gasteiger partial charge in [-0.15, -0.1) is 0 Å². The average Bonchev–Trinajstić information content (AvgIpc) is 2.39. The highest BCUT2D eigenvalue weighted by atomic mass is 19.1. The highest BCUT2D eigenvalue weighted by Crippen LogP contribution is 2.22. The number of aromatic nitrogens is 1. The standard InChI is InChI=1S/C16H17F2N/c1-11(2)13-6-3-5-12(16(13)18)8-9-15-14(17)7-4-10-19-15/h3-7,10-11H,8-9H2,1-2H3. The molecule has 0 saturated carbocycles. The van der Waals surface area contributed by atoms with E-state index in [-0.39, 0.29) is 17.6 Å². The minimum Gasteiger partial charge on any atom is -0.258 e. The SMILES string of the molecule is CC(C)c1cccc(CCc2ncccc2F)c1F. The Morgan fingerprint density at radius 2 is 1.84 bits per heavy atom. The molecular formula is C16H17F2N. The second-order valence-electron chi connectivity index (χ2n) is 4.91. The van der Waals surface area contributed by atoms with Crippen LogP contribution in [0, 0.1) is 11.6 Å². The van der Waals surface area contributed by atoms with E-state index in [4.69, 9.17) is 0 Å². The lowest BCUT2D eigenvalue weighted by Gasteiger charge is -2.11. The molecule has 0 N–H and O–H groups in total. The van der Waals surface area contributed by atoms with Gasteiger partial charge in [0, 0.05) is 6.20 Å². The molecule has 3 heteroatoms. The fourth-order valence-electron chi connectivity index (χ4n) is 2.09. The first-order chi connectivity index (χ1) is 9.09. The summed E-state index contributed by atoms with van der Waals surface area (Å²) in [6, 6.07) is 8.33. The maximum absolute atomic E-state index is 14.2.